The standard InChI is InChI=1S/C37H43N3O4S/c1-27(2)24-38-37(42)35(23-31-15-8-6-9-16-31)39(25-32-17-13-12-14-29(32)4)36(41)26-40(33-21-20-28(3)30(5)22-33)45(43,44)34-18-10-7-11-19-34/h6-22,27,35H,23-26H2,1-5H3,(H,38,42)/t35-/m0/s1. The zero-order chi connectivity index (χ0) is 32.6. The molecule has 1 N–H and O–H groups in total. The number of aryl methyl sites for hydroxylation is 3. The largest absolute Gasteiger partial charge is 0.354 e. The van der Waals surface area contributed by atoms with Crippen LogP contribution in [-0.4, -0.2) is 44.3 Å². The first-order valence-electron chi connectivity index (χ1n) is 15.3. The summed E-state index contributed by atoms with van der Waals surface area (Å²) < 4.78 is 29.5. The van der Waals surface area contributed by atoms with Crippen molar-refractivity contribution in [2.24, 2.45) is 5.92 Å². The van der Waals surface area contributed by atoms with Crippen molar-refractivity contribution < 1.29 is 18.0 Å². The summed E-state index contributed by atoms with van der Waals surface area (Å²) in [6.45, 7) is 9.97. The number of hydrogen-bond acceptors (Lipinski definition) is 4. The van der Waals surface area contributed by atoms with Gasteiger partial charge in [-0.1, -0.05) is 92.7 Å². The lowest BCUT2D eigenvalue weighted by atomic mass is 10.0. The smallest absolute Gasteiger partial charge is 0.264 e. The van der Waals surface area contributed by atoms with E-state index >= 15 is 0 Å². The lowest BCUT2D eigenvalue weighted by molar-refractivity contribution is -0.140. The third-order valence-corrected chi connectivity index (χ3v) is 9.73. The molecule has 0 aliphatic rings. The molecule has 8 heteroatoms. The SMILES string of the molecule is Cc1ccc(N(CC(=O)N(Cc2ccccc2C)[C@@H](Cc2ccccc2)C(=O)NCC(C)C)S(=O)(=O)c2ccccc2)cc1C. The molecule has 1 atom stereocenters. The average molecular weight is 626 g/mol. The van der Waals surface area contributed by atoms with Crippen LogP contribution in [0.1, 0.15) is 41.7 Å². The Hall–Kier alpha value is -4.43. The summed E-state index contributed by atoms with van der Waals surface area (Å²) in [5.41, 5.74) is 5.04. The number of sulfonamides is 1. The number of anilines is 1. The Kier molecular flexibility index (Phi) is 11.2. The Balaban J connectivity index is 1.82. The van der Waals surface area contributed by atoms with Gasteiger partial charge in [0.05, 0.1) is 10.6 Å². The van der Waals surface area contributed by atoms with Gasteiger partial charge in [-0.3, -0.25) is 13.9 Å². The van der Waals surface area contributed by atoms with Crippen molar-refractivity contribution in [3.63, 3.8) is 0 Å². The summed E-state index contributed by atoms with van der Waals surface area (Å²) in [6, 6.07) is 29.9. The number of carbonyl (C=O) groups is 2. The quantitative estimate of drug-likeness (QED) is 0.191. The van der Waals surface area contributed by atoms with Crippen molar-refractivity contribution in [2.75, 3.05) is 17.4 Å². The summed E-state index contributed by atoms with van der Waals surface area (Å²) in [6.07, 6.45) is 0.275. The van der Waals surface area contributed by atoms with E-state index in [9.17, 15) is 18.0 Å². The minimum absolute atomic E-state index is 0.0805. The first-order valence-corrected chi connectivity index (χ1v) is 16.7. The van der Waals surface area contributed by atoms with E-state index in [1.54, 1.807) is 35.2 Å². The zero-order valence-corrected chi connectivity index (χ0v) is 27.6. The van der Waals surface area contributed by atoms with Crippen LogP contribution in [0, 0.1) is 26.7 Å². The molecule has 0 spiro atoms. The molecule has 0 aliphatic heterocycles. The molecule has 45 heavy (non-hydrogen) atoms. The summed E-state index contributed by atoms with van der Waals surface area (Å²) in [7, 11) is -4.13. The van der Waals surface area contributed by atoms with E-state index < -0.39 is 28.5 Å². The number of nitrogens with zero attached hydrogens (tertiary/aromatic N) is 2. The molecule has 0 aromatic heterocycles. The van der Waals surface area contributed by atoms with Gasteiger partial charge in [0, 0.05) is 19.5 Å². The Bertz CT molecular complexity index is 1710. The average Bonchev–Trinajstić information content (AvgIpc) is 3.03. The second-order valence-electron chi connectivity index (χ2n) is 11.9. The fraction of sp³-hybridized carbons (Fsp3) is 0.297. The predicted octanol–water partition coefficient (Wildman–Crippen LogP) is 6.22. The molecule has 0 saturated carbocycles. The van der Waals surface area contributed by atoms with E-state index in [4.69, 9.17) is 0 Å². The second kappa shape index (κ2) is 15.0. The molecule has 0 unspecified atom stereocenters. The summed E-state index contributed by atoms with van der Waals surface area (Å²) in [5, 5.41) is 3.03. The Morgan fingerprint density at radius 3 is 2.00 bits per heavy atom. The molecule has 4 aromatic rings. The second-order valence-corrected chi connectivity index (χ2v) is 13.7. The highest BCUT2D eigenvalue weighted by Crippen LogP contribution is 2.27. The first kappa shape index (κ1) is 33.5. The normalized spacial score (nSPS) is 12.0. The van der Waals surface area contributed by atoms with Gasteiger partial charge in [0.2, 0.25) is 11.8 Å². The molecular formula is C37H43N3O4S. The summed E-state index contributed by atoms with van der Waals surface area (Å²) in [4.78, 5) is 30.1. The lowest BCUT2D eigenvalue weighted by Crippen LogP contribution is -2.53. The molecular weight excluding hydrogens is 582 g/mol. The molecule has 4 rings (SSSR count). The molecule has 0 bridgehead atoms. The van der Waals surface area contributed by atoms with Crippen LogP contribution in [-0.2, 0) is 32.6 Å². The molecule has 0 saturated heterocycles. The molecule has 0 aliphatic carbocycles. The number of rotatable bonds is 13. The van der Waals surface area contributed by atoms with Gasteiger partial charge in [-0.15, -0.1) is 0 Å². The van der Waals surface area contributed by atoms with Crippen LogP contribution < -0.4 is 9.62 Å². The van der Waals surface area contributed by atoms with Crippen molar-refractivity contribution >= 4 is 27.5 Å². The number of nitrogens with one attached hydrogen (secondary N) is 1. The van der Waals surface area contributed by atoms with E-state index in [0.717, 1.165) is 32.1 Å². The zero-order valence-electron chi connectivity index (χ0n) is 26.7. The van der Waals surface area contributed by atoms with Crippen LogP contribution >= 0.6 is 0 Å². The Morgan fingerprint density at radius 1 is 0.756 bits per heavy atom. The minimum Gasteiger partial charge on any atom is -0.354 e. The van der Waals surface area contributed by atoms with E-state index in [-0.39, 0.29) is 29.7 Å². The van der Waals surface area contributed by atoms with Crippen LogP contribution in [0.5, 0.6) is 0 Å². The van der Waals surface area contributed by atoms with E-state index in [1.807, 2.05) is 95.3 Å². The van der Waals surface area contributed by atoms with Gasteiger partial charge >= 0.3 is 0 Å². The van der Waals surface area contributed by atoms with Gasteiger partial charge in [0.15, 0.2) is 0 Å². The number of carbonyl (C=O) groups excluding carboxylic acids is 2. The molecule has 7 nitrogen and oxygen atoms in total. The van der Waals surface area contributed by atoms with Crippen molar-refractivity contribution in [1.29, 1.82) is 0 Å². The van der Waals surface area contributed by atoms with E-state index in [0.29, 0.717) is 12.2 Å². The predicted molar refractivity (Wildman–Crippen MR) is 180 cm³/mol. The lowest BCUT2D eigenvalue weighted by Gasteiger charge is -2.34. The molecule has 0 fully saturated rings. The topological polar surface area (TPSA) is 86.8 Å². The third-order valence-electron chi connectivity index (χ3n) is 7.95. The van der Waals surface area contributed by atoms with Gasteiger partial charge in [-0.05, 0) is 78.8 Å². The highest BCUT2D eigenvalue weighted by molar-refractivity contribution is 7.92. The fourth-order valence-corrected chi connectivity index (χ4v) is 6.50. The highest BCUT2D eigenvalue weighted by atomic mass is 32.2. The maximum absolute atomic E-state index is 14.6. The number of hydrogen-bond donors (Lipinski definition) is 1. The van der Waals surface area contributed by atoms with Crippen LogP contribution in [0.15, 0.2) is 108 Å². The van der Waals surface area contributed by atoms with Gasteiger partial charge in [-0.25, -0.2) is 8.42 Å². The van der Waals surface area contributed by atoms with E-state index in [2.05, 4.69) is 5.32 Å². The summed E-state index contributed by atoms with van der Waals surface area (Å²) in [5.74, 6) is -0.544. The van der Waals surface area contributed by atoms with Crippen LogP contribution in [0.25, 0.3) is 0 Å². The highest BCUT2D eigenvalue weighted by Gasteiger charge is 2.35. The van der Waals surface area contributed by atoms with Gasteiger partial charge < -0.3 is 10.2 Å². The van der Waals surface area contributed by atoms with Gasteiger partial charge in [0.1, 0.15) is 12.6 Å². The van der Waals surface area contributed by atoms with Crippen LogP contribution in [0.3, 0.4) is 0 Å². The third kappa shape index (κ3) is 8.60. The Labute approximate surface area is 268 Å². The molecule has 2 amide bonds. The summed E-state index contributed by atoms with van der Waals surface area (Å²) >= 11 is 0. The maximum Gasteiger partial charge on any atom is 0.264 e. The van der Waals surface area contributed by atoms with Crippen molar-refractivity contribution in [1.82, 2.24) is 10.2 Å². The first-order chi connectivity index (χ1) is 21.5. The van der Waals surface area contributed by atoms with Gasteiger partial charge in [-0.2, -0.15) is 0 Å². The molecule has 0 heterocycles. The molecule has 0 radical (unpaired) electrons. The maximum atomic E-state index is 14.6. The van der Waals surface area contributed by atoms with E-state index in [1.165, 1.54) is 12.1 Å². The number of benzene rings is 4. The monoisotopic (exact) mass is 625 g/mol. The molecule has 236 valence electrons. The van der Waals surface area contributed by atoms with Crippen LogP contribution in [0.2, 0.25) is 0 Å². The fourth-order valence-electron chi connectivity index (χ4n) is 5.08. The minimum atomic E-state index is -4.13. The van der Waals surface area contributed by atoms with Crippen molar-refractivity contribution in [2.45, 2.75) is 58.5 Å². The van der Waals surface area contributed by atoms with Crippen LogP contribution in [0.4, 0.5) is 5.69 Å². The van der Waals surface area contributed by atoms with Crippen molar-refractivity contribution in [3.8, 4) is 0 Å². The number of amides is 2. The van der Waals surface area contributed by atoms with Crippen molar-refractivity contribution in [3.05, 3.63) is 131 Å². The Morgan fingerprint density at radius 2 is 1.38 bits per heavy atom. The molecule has 4 aromatic carbocycles. The van der Waals surface area contributed by atoms with Gasteiger partial charge in [0.25, 0.3) is 10.0 Å².